The molecule has 0 saturated carbocycles. The normalized spacial score (nSPS) is 17.9. The molecular weight excluding hydrogens is 389 g/mol. The average Bonchev–Trinajstić information content (AvgIpc) is 3.13. The Labute approximate surface area is 174 Å². The van der Waals surface area contributed by atoms with Crippen LogP contribution in [0.5, 0.6) is 0 Å². The molecule has 3 aromatic rings. The highest BCUT2D eigenvalue weighted by Crippen LogP contribution is 2.30. The van der Waals surface area contributed by atoms with Gasteiger partial charge in [-0.15, -0.1) is 0 Å². The van der Waals surface area contributed by atoms with Gasteiger partial charge in [0.05, 0.1) is 11.8 Å². The number of nitrogens with zero attached hydrogens (tertiary/aromatic N) is 4. The number of aromatic nitrogens is 3. The lowest BCUT2D eigenvalue weighted by molar-refractivity contribution is -0.137. The van der Waals surface area contributed by atoms with E-state index in [4.69, 9.17) is 0 Å². The third kappa shape index (κ3) is 5.08. The van der Waals surface area contributed by atoms with Gasteiger partial charge in [0.2, 0.25) is 0 Å². The third-order valence-corrected chi connectivity index (χ3v) is 5.60. The van der Waals surface area contributed by atoms with Gasteiger partial charge in [-0.05, 0) is 49.1 Å². The lowest BCUT2D eigenvalue weighted by atomic mass is 9.93. The molecule has 3 heterocycles. The van der Waals surface area contributed by atoms with E-state index in [1.54, 1.807) is 12.3 Å². The minimum absolute atomic E-state index is 0.373. The van der Waals surface area contributed by atoms with E-state index in [0.717, 1.165) is 49.8 Å². The average molecular weight is 414 g/mol. The first-order valence-corrected chi connectivity index (χ1v) is 10.2. The maximum Gasteiger partial charge on any atom is 0.416 e. The summed E-state index contributed by atoms with van der Waals surface area (Å²) in [5.41, 5.74) is 3.21. The van der Waals surface area contributed by atoms with Crippen LogP contribution in [-0.2, 0) is 26.2 Å². The Hall–Kier alpha value is -2.67. The smallest absolute Gasteiger partial charge is 0.298 e. The maximum absolute atomic E-state index is 12.9. The van der Waals surface area contributed by atoms with E-state index >= 15 is 0 Å². The number of hydrogen-bond donors (Lipinski definition) is 0. The van der Waals surface area contributed by atoms with Crippen LogP contribution in [0.2, 0.25) is 0 Å². The molecule has 4 nitrogen and oxygen atoms in total. The minimum atomic E-state index is -4.32. The molecule has 4 rings (SSSR count). The first-order valence-electron chi connectivity index (χ1n) is 10.2. The summed E-state index contributed by atoms with van der Waals surface area (Å²) in [6.07, 6.45) is 4.10. The molecule has 2 aromatic heterocycles. The quantitative estimate of drug-likeness (QED) is 0.601. The maximum atomic E-state index is 12.9. The van der Waals surface area contributed by atoms with Crippen LogP contribution in [-0.4, -0.2) is 32.8 Å². The van der Waals surface area contributed by atoms with E-state index in [1.807, 2.05) is 36.3 Å². The van der Waals surface area contributed by atoms with E-state index in [9.17, 15) is 13.2 Å². The molecule has 0 bridgehead atoms. The summed E-state index contributed by atoms with van der Waals surface area (Å²) in [7, 11) is 1.92. The van der Waals surface area contributed by atoms with Crippen molar-refractivity contribution in [2.24, 2.45) is 7.05 Å². The van der Waals surface area contributed by atoms with Gasteiger partial charge in [-0.3, -0.25) is 14.6 Å². The highest BCUT2D eigenvalue weighted by molar-refractivity contribution is 5.30. The summed E-state index contributed by atoms with van der Waals surface area (Å²) in [4.78, 5) is 7.08. The largest absolute Gasteiger partial charge is 0.416 e. The van der Waals surface area contributed by atoms with Crippen LogP contribution < -0.4 is 0 Å². The lowest BCUT2D eigenvalue weighted by Gasteiger charge is -2.32. The van der Waals surface area contributed by atoms with Crippen molar-refractivity contribution in [3.05, 3.63) is 82.9 Å². The number of halogens is 3. The van der Waals surface area contributed by atoms with Crippen LogP contribution in [0.3, 0.4) is 0 Å². The molecule has 0 aliphatic carbocycles. The fourth-order valence-corrected chi connectivity index (χ4v) is 4.13. The molecule has 1 aliphatic heterocycles. The number of benzene rings is 1. The van der Waals surface area contributed by atoms with Crippen molar-refractivity contribution in [3.63, 3.8) is 0 Å². The Bertz CT molecular complexity index is 979. The molecule has 0 amide bonds. The molecule has 1 aromatic carbocycles. The molecule has 1 atom stereocenters. The van der Waals surface area contributed by atoms with Crippen molar-refractivity contribution in [1.82, 2.24) is 19.7 Å². The predicted molar refractivity (Wildman–Crippen MR) is 109 cm³/mol. The highest BCUT2D eigenvalue weighted by Gasteiger charge is 2.30. The summed E-state index contributed by atoms with van der Waals surface area (Å²) < 4.78 is 40.6. The number of aryl methyl sites for hydroxylation is 1. The zero-order valence-corrected chi connectivity index (χ0v) is 16.9. The molecule has 0 spiro atoms. The number of hydrogen-bond acceptors (Lipinski definition) is 3. The first kappa shape index (κ1) is 20.6. The van der Waals surface area contributed by atoms with Gasteiger partial charge in [0.25, 0.3) is 0 Å². The topological polar surface area (TPSA) is 34.0 Å². The van der Waals surface area contributed by atoms with Crippen molar-refractivity contribution >= 4 is 0 Å². The van der Waals surface area contributed by atoms with Gasteiger partial charge < -0.3 is 0 Å². The molecule has 0 radical (unpaired) electrons. The Balaban J connectivity index is 1.39. The van der Waals surface area contributed by atoms with Gasteiger partial charge in [-0.1, -0.05) is 24.3 Å². The van der Waals surface area contributed by atoms with E-state index < -0.39 is 11.7 Å². The van der Waals surface area contributed by atoms with Crippen molar-refractivity contribution < 1.29 is 13.2 Å². The van der Waals surface area contributed by atoms with Crippen molar-refractivity contribution in [2.45, 2.75) is 37.9 Å². The summed E-state index contributed by atoms with van der Waals surface area (Å²) in [5.74, 6) is 0.373. The lowest BCUT2D eigenvalue weighted by Crippen LogP contribution is -2.34. The Morgan fingerprint density at radius 2 is 1.93 bits per heavy atom. The molecule has 30 heavy (non-hydrogen) atoms. The molecule has 1 aliphatic rings. The second-order valence-corrected chi connectivity index (χ2v) is 8.06. The highest BCUT2D eigenvalue weighted by atomic mass is 19.4. The van der Waals surface area contributed by atoms with Crippen LogP contribution >= 0.6 is 0 Å². The van der Waals surface area contributed by atoms with Crippen LogP contribution in [0.1, 0.15) is 46.7 Å². The molecule has 1 saturated heterocycles. The van der Waals surface area contributed by atoms with Crippen LogP contribution in [0.15, 0.2) is 55.0 Å². The molecule has 7 heteroatoms. The Morgan fingerprint density at radius 1 is 1.07 bits per heavy atom. The number of piperidine rings is 1. The summed E-state index contributed by atoms with van der Waals surface area (Å²) in [6, 6.07) is 9.51. The van der Waals surface area contributed by atoms with E-state index in [1.165, 1.54) is 17.7 Å². The zero-order valence-electron chi connectivity index (χ0n) is 16.9. The van der Waals surface area contributed by atoms with E-state index in [0.29, 0.717) is 17.9 Å². The number of alkyl halides is 3. The second-order valence-electron chi connectivity index (χ2n) is 8.06. The summed E-state index contributed by atoms with van der Waals surface area (Å²) in [6.45, 7) is 2.91. The second kappa shape index (κ2) is 8.60. The van der Waals surface area contributed by atoms with Gasteiger partial charge in [-0.25, -0.2) is 0 Å². The van der Waals surface area contributed by atoms with Gasteiger partial charge in [-0.2, -0.15) is 18.3 Å². The van der Waals surface area contributed by atoms with Gasteiger partial charge in [0.15, 0.2) is 0 Å². The minimum Gasteiger partial charge on any atom is -0.298 e. The fraction of sp³-hybridized carbons (Fsp3) is 0.391. The fourth-order valence-electron chi connectivity index (χ4n) is 4.13. The van der Waals surface area contributed by atoms with E-state index in [-0.39, 0.29) is 0 Å². The monoisotopic (exact) mass is 414 g/mol. The van der Waals surface area contributed by atoms with E-state index in [2.05, 4.69) is 15.0 Å². The Morgan fingerprint density at radius 3 is 2.63 bits per heavy atom. The molecule has 1 unspecified atom stereocenters. The van der Waals surface area contributed by atoms with Crippen LogP contribution in [0, 0.1) is 0 Å². The Kier molecular flexibility index (Phi) is 5.90. The van der Waals surface area contributed by atoms with Gasteiger partial charge in [0.1, 0.15) is 0 Å². The van der Waals surface area contributed by atoms with Crippen molar-refractivity contribution in [3.8, 4) is 0 Å². The molecule has 0 N–H and O–H groups in total. The molecular formula is C23H25F3N4. The summed E-state index contributed by atoms with van der Waals surface area (Å²) in [5, 5.41) is 4.24. The first-order chi connectivity index (χ1) is 14.4. The number of pyridine rings is 1. The van der Waals surface area contributed by atoms with Gasteiger partial charge >= 0.3 is 6.18 Å². The van der Waals surface area contributed by atoms with Crippen molar-refractivity contribution in [1.29, 1.82) is 0 Å². The number of rotatable bonds is 5. The SMILES string of the molecule is Cn1cc(CN2CCCC(c3ccc(Cc4cccc(C(F)(F)F)c4)cn3)C2)cn1. The zero-order chi connectivity index (χ0) is 21.1. The molecule has 1 fully saturated rings. The van der Waals surface area contributed by atoms with Gasteiger partial charge in [0, 0.05) is 49.7 Å². The van der Waals surface area contributed by atoms with Crippen LogP contribution in [0.4, 0.5) is 13.2 Å². The standard InChI is InChI=1S/C23H25F3N4/c1-29-14-19(13-28-29)15-30-9-3-5-20(16-30)22-8-7-18(12-27-22)10-17-4-2-6-21(11-17)23(24,25)26/h2,4,6-8,11-14,20H,3,5,9-10,15-16H2,1H3. The molecule has 158 valence electrons. The summed E-state index contributed by atoms with van der Waals surface area (Å²) >= 11 is 0. The number of likely N-dealkylation sites (tertiary alicyclic amines) is 1. The van der Waals surface area contributed by atoms with Crippen LogP contribution in [0.25, 0.3) is 0 Å². The van der Waals surface area contributed by atoms with Crippen molar-refractivity contribution in [2.75, 3.05) is 13.1 Å². The predicted octanol–water partition coefficient (Wildman–Crippen LogP) is 4.80. The third-order valence-electron chi connectivity index (χ3n) is 5.60.